The largest absolute Gasteiger partial charge is 0.445 e. The van der Waals surface area contributed by atoms with Gasteiger partial charge in [0.1, 0.15) is 10.7 Å². The minimum atomic E-state index is -3.69. The number of oxazole rings is 1. The number of nitrogens with zero attached hydrogens (tertiary/aromatic N) is 1. The molecule has 0 spiro atoms. The number of nitrogen functional groups attached to an aromatic ring is 1. The minimum Gasteiger partial charge on any atom is -0.445 e. The van der Waals surface area contributed by atoms with Crippen molar-refractivity contribution in [2.75, 3.05) is 5.73 Å². The highest BCUT2D eigenvalue weighted by Crippen LogP contribution is 2.22. The van der Waals surface area contributed by atoms with Crippen molar-refractivity contribution < 1.29 is 12.8 Å². The first-order valence-corrected chi connectivity index (χ1v) is 7.55. The summed E-state index contributed by atoms with van der Waals surface area (Å²) < 4.78 is 32.1. The van der Waals surface area contributed by atoms with Gasteiger partial charge in [-0.05, 0) is 44.0 Å². The Labute approximate surface area is 118 Å². The zero-order valence-electron chi connectivity index (χ0n) is 11.6. The number of aromatic nitrogens is 1. The molecule has 2 rings (SSSR count). The predicted molar refractivity (Wildman–Crippen MR) is 75.6 cm³/mol. The van der Waals surface area contributed by atoms with Gasteiger partial charge < -0.3 is 10.2 Å². The Hall–Kier alpha value is -1.86. The average Bonchev–Trinajstić information content (AvgIpc) is 2.77. The maximum atomic E-state index is 12.2. The third-order valence-corrected chi connectivity index (χ3v) is 4.46. The molecule has 0 radical (unpaired) electrons. The summed E-state index contributed by atoms with van der Waals surface area (Å²) in [6.07, 6.45) is 1.54. The van der Waals surface area contributed by atoms with Crippen LogP contribution >= 0.6 is 0 Å². The SMILES string of the molecule is Cc1cnc(CNS(=O)(=O)c2cc(C)c(C)cc2N)o1. The normalized spacial score (nSPS) is 11.8. The van der Waals surface area contributed by atoms with Crippen LogP contribution in [0.3, 0.4) is 0 Å². The smallest absolute Gasteiger partial charge is 0.243 e. The topological polar surface area (TPSA) is 98.2 Å². The van der Waals surface area contributed by atoms with Crippen molar-refractivity contribution in [1.82, 2.24) is 9.71 Å². The second kappa shape index (κ2) is 5.26. The lowest BCUT2D eigenvalue weighted by Crippen LogP contribution is -2.24. The van der Waals surface area contributed by atoms with Gasteiger partial charge >= 0.3 is 0 Å². The second-order valence-corrected chi connectivity index (χ2v) is 6.40. The fourth-order valence-electron chi connectivity index (χ4n) is 1.76. The molecule has 0 fully saturated rings. The van der Waals surface area contributed by atoms with Gasteiger partial charge in [0.25, 0.3) is 0 Å². The van der Waals surface area contributed by atoms with Crippen molar-refractivity contribution in [3.63, 3.8) is 0 Å². The number of hydrogen-bond donors (Lipinski definition) is 2. The summed E-state index contributed by atoms with van der Waals surface area (Å²) in [7, 11) is -3.69. The van der Waals surface area contributed by atoms with Crippen LogP contribution in [0.5, 0.6) is 0 Å². The molecule has 0 aliphatic heterocycles. The first-order valence-electron chi connectivity index (χ1n) is 6.07. The van der Waals surface area contributed by atoms with Crippen molar-refractivity contribution in [2.45, 2.75) is 32.2 Å². The number of sulfonamides is 1. The fourth-order valence-corrected chi connectivity index (χ4v) is 2.93. The molecule has 1 aromatic heterocycles. The number of nitrogens with two attached hydrogens (primary N) is 1. The molecule has 108 valence electrons. The van der Waals surface area contributed by atoms with Crippen LogP contribution in [0, 0.1) is 20.8 Å². The van der Waals surface area contributed by atoms with Crippen LogP contribution in [0.25, 0.3) is 0 Å². The first kappa shape index (κ1) is 14.5. The maximum Gasteiger partial charge on any atom is 0.243 e. The van der Waals surface area contributed by atoms with E-state index in [0.717, 1.165) is 11.1 Å². The van der Waals surface area contributed by atoms with Crippen molar-refractivity contribution in [2.24, 2.45) is 0 Å². The molecule has 20 heavy (non-hydrogen) atoms. The number of hydrogen-bond acceptors (Lipinski definition) is 5. The Balaban J connectivity index is 2.24. The van der Waals surface area contributed by atoms with Crippen LogP contribution in [-0.2, 0) is 16.6 Å². The van der Waals surface area contributed by atoms with E-state index in [2.05, 4.69) is 9.71 Å². The van der Waals surface area contributed by atoms with Gasteiger partial charge in [-0.2, -0.15) is 0 Å². The van der Waals surface area contributed by atoms with Gasteiger partial charge in [-0.1, -0.05) is 0 Å². The lowest BCUT2D eigenvalue weighted by Gasteiger charge is -2.10. The summed E-state index contributed by atoms with van der Waals surface area (Å²) in [5.41, 5.74) is 7.83. The van der Waals surface area contributed by atoms with Crippen molar-refractivity contribution in [3.8, 4) is 0 Å². The highest BCUT2D eigenvalue weighted by molar-refractivity contribution is 7.89. The number of anilines is 1. The van der Waals surface area contributed by atoms with E-state index in [4.69, 9.17) is 10.2 Å². The van der Waals surface area contributed by atoms with Crippen LogP contribution in [-0.4, -0.2) is 13.4 Å². The molecule has 1 aromatic carbocycles. The zero-order chi connectivity index (χ0) is 14.9. The third-order valence-electron chi connectivity index (χ3n) is 3.00. The van der Waals surface area contributed by atoms with E-state index in [1.807, 2.05) is 13.8 Å². The second-order valence-electron chi connectivity index (χ2n) is 4.66. The van der Waals surface area contributed by atoms with Crippen molar-refractivity contribution in [1.29, 1.82) is 0 Å². The zero-order valence-corrected chi connectivity index (χ0v) is 12.4. The lowest BCUT2D eigenvalue weighted by molar-refractivity contribution is 0.463. The van der Waals surface area contributed by atoms with Gasteiger partial charge in [0.05, 0.1) is 18.4 Å². The third kappa shape index (κ3) is 3.00. The molecule has 7 heteroatoms. The summed E-state index contributed by atoms with van der Waals surface area (Å²) in [5.74, 6) is 0.943. The Morgan fingerprint density at radius 3 is 2.50 bits per heavy atom. The number of aryl methyl sites for hydroxylation is 3. The Bertz CT molecular complexity index is 735. The number of nitrogens with one attached hydrogen (secondary N) is 1. The summed E-state index contributed by atoms with van der Waals surface area (Å²) in [4.78, 5) is 4.01. The average molecular weight is 295 g/mol. The molecular formula is C13H17N3O3S. The minimum absolute atomic E-state index is 0.0114. The molecule has 1 heterocycles. The van der Waals surface area contributed by atoms with E-state index in [1.54, 1.807) is 19.1 Å². The predicted octanol–water partition coefficient (Wildman–Crippen LogP) is 1.66. The quantitative estimate of drug-likeness (QED) is 0.836. The highest BCUT2D eigenvalue weighted by Gasteiger charge is 2.19. The van der Waals surface area contributed by atoms with Gasteiger partial charge in [-0.25, -0.2) is 18.1 Å². The summed E-state index contributed by atoms with van der Waals surface area (Å²) >= 11 is 0. The molecule has 0 atom stereocenters. The number of benzene rings is 1. The Morgan fingerprint density at radius 1 is 1.25 bits per heavy atom. The van der Waals surface area contributed by atoms with Crippen LogP contribution in [0.1, 0.15) is 22.8 Å². The summed E-state index contributed by atoms with van der Waals surface area (Å²) in [6, 6.07) is 3.22. The molecule has 2 aromatic rings. The highest BCUT2D eigenvalue weighted by atomic mass is 32.2. The van der Waals surface area contributed by atoms with Crippen LogP contribution in [0.2, 0.25) is 0 Å². The van der Waals surface area contributed by atoms with Crippen LogP contribution in [0.4, 0.5) is 5.69 Å². The van der Waals surface area contributed by atoms with E-state index in [9.17, 15) is 8.42 Å². The molecule has 0 aliphatic rings. The fraction of sp³-hybridized carbons (Fsp3) is 0.308. The van der Waals surface area contributed by atoms with Crippen molar-refractivity contribution in [3.05, 3.63) is 41.1 Å². The van der Waals surface area contributed by atoms with Crippen molar-refractivity contribution >= 4 is 15.7 Å². The molecule has 0 bridgehead atoms. The van der Waals surface area contributed by atoms with E-state index < -0.39 is 10.0 Å². The molecule has 0 saturated heterocycles. The van der Waals surface area contributed by atoms with E-state index in [-0.39, 0.29) is 17.1 Å². The number of rotatable bonds is 4. The van der Waals surface area contributed by atoms with Gasteiger partial charge in [0, 0.05) is 0 Å². The first-order chi connectivity index (χ1) is 9.29. The van der Waals surface area contributed by atoms with E-state index in [0.29, 0.717) is 11.7 Å². The molecule has 6 nitrogen and oxygen atoms in total. The van der Waals surface area contributed by atoms with Gasteiger partial charge in [0.2, 0.25) is 15.9 Å². The molecule has 3 N–H and O–H groups in total. The molecular weight excluding hydrogens is 278 g/mol. The molecule has 0 aliphatic carbocycles. The lowest BCUT2D eigenvalue weighted by atomic mass is 10.1. The van der Waals surface area contributed by atoms with E-state index >= 15 is 0 Å². The van der Waals surface area contributed by atoms with Gasteiger partial charge in [-0.15, -0.1) is 0 Å². The van der Waals surface area contributed by atoms with E-state index in [1.165, 1.54) is 6.20 Å². The van der Waals surface area contributed by atoms with Crippen LogP contribution < -0.4 is 10.5 Å². The van der Waals surface area contributed by atoms with Crippen LogP contribution in [0.15, 0.2) is 27.6 Å². The summed E-state index contributed by atoms with van der Waals surface area (Å²) in [6.45, 7) is 5.45. The maximum absolute atomic E-state index is 12.2. The monoisotopic (exact) mass is 295 g/mol. The Morgan fingerprint density at radius 2 is 1.90 bits per heavy atom. The molecule has 0 amide bonds. The van der Waals surface area contributed by atoms with Gasteiger partial charge in [-0.3, -0.25) is 0 Å². The summed E-state index contributed by atoms with van der Waals surface area (Å²) in [5, 5.41) is 0. The Kier molecular flexibility index (Phi) is 3.82. The standard InChI is InChI=1S/C13H17N3O3S/c1-8-4-11(14)12(5-9(8)2)20(17,18)16-7-13-15-6-10(3)19-13/h4-6,16H,7,14H2,1-3H3. The molecule has 0 saturated carbocycles. The molecule has 0 unspecified atom stereocenters. The van der Waals surface area contributed by atoms with Gasteiger partial charge in [0.15, 0.2) is 0 Å².